The van der Waals surface area contributed by atoms with E-state index in [0.29, 0.717) is 17.0 Å². The van der Waals surface area contributed by atoms with Gasteiger partial charge in [-0.3, -0.25) is 19.1 Å². The summed E-state index contributed by atoms with van der Waals surface area (Å²) in [7, 11) is 0. The van der Waals surface area contributed by atoms with Crippen LogP contribution in [-0.2, 0) is 11.9 Å². The second kappa shape index (κ2) is 6.46. The Kier molecular flexibility index (Phi) is 4.24. The first-order chi connectivity index (χ1) is 14.0. The van der Waals surface area contributed by atoms with E-state index in [4.69, 9.17) is 10.5 Å². The summed E-state index contributed by atoms with van der Waals surface area (Å²) in [5.41, 5.74) is 4.37. The molecule has 1 aliphatic rings. The fourth-order valence-electron chi connectivity index (χ4n) is 3.25. The summed E-state index contributed by atoms with van der Waals surface area (Å²) < 4.78 is 8.04. The van der Waals surface area contributed by atoms with Crippen LogP contribution in [0.1, 0.15) is 33.3 Å². The highest BCUT2D eigenvalue weighted by molar-refractivity contribution is 5.96. The molecule has 11 nitrogen and oxygen atoms in total. The van der Waals surface area contributed by atoms with Gasteiger partial charge in [0.15, 0.2) is 23.4 Å². The lowest BCUT2D eigenvalue weighted by Crippen LogP contribution is -2.53. The van der Waals surface area contributed by atoms with Gasteiger partial charge in [-0.2, -0.15) is 4.98 Å². The topological polar surface area (TPSA) is 148 Å². The minimum Gasteiger partial charge on any atom is -0.714 e. The van der Waals surface area contributed by atoms with Gasteiger partial charge in [0.05, 0.1) is 5.56 Å². The van der Waals surface area contributed by atoms with Crippen LogP contribution in [0.5, 0.6) is 5.75 Å². The van der Waals surface area contributed by atoms with Crippen LogP contribution in [-0.4, -0.2) is 46.2 Å². The molecule has 0 unspecified atom stereocenters. The van der Waals surface area contributed by atoms with Gasteiger partial charge in [0, 0.05) is 5.21 Å². The lowest BCUT2D eigenvalue weighted by molar-refractivity contribution is -0.539. The maximum Gasteiger partial charge on any atom is 0.316 e. The van der Waals surface area contributed by atoms with E-state index in [0.717, 1.165) is 9.80 Å². The van der Waals surface area contributed by atoms with Crippen molar-refractivity contribution >= 4 is 22.9 Å². The van der Waals surface area contributed by atoms with Crippen LogP contribution in [0.2, 0.25) is 0 Å². The summed E-state index contributed by atoms with van der Waals surface area (Å²) in [6.45, 7) is 7.03. The first kappa shape index (κ1) is 19.7. The summed E-state index contributed by atoms with van der Waals surface area (Å²) in [5.74, 6) is 0.559. The number of imidazole rings is 1. The van der Waals surface area contributed by atoms with Crippen LogP contribution >= 0.6 is 0 Å². The van der Waals surface area contributed by atoms with Crippen molar-refractivity contribution in [3.8, 4) is 5.75 Å². The number of amidine groups is 1. The van der Waals surface area contributed by atoms with Crippen LogP contribution in [0.3, 0.4) is 0 Å². The van der Waals surface area contributed by atoms with Gasteiger partial charge >= 0.3 is 5.84 Å². The van der Waals surface area contributed by atoms with Crippen molar-refractivity contribution < 1.29 is 14.7 Å². The molecule has 3 heterocycles. The number of hydroxylamine groups is 3. The van der Waals surface area contributed by atoms with Crippen molar-refractivity contribution in [2.24, 2.45) is 0 Å². The summed E-state index contributed by atoms with van der Waals surface area (Å²) >= 11 is 0. The SMILES string of the molecule is CC1(C)N([O])C(c2ccc(OCn3cnc4c(=O)[nH]c(N)nc43)cc2)=[N+]([O-])C1(C)C. The summed E-state index contributed by atoms with van der Waals surface area (Å²) in [6, 6.07) is 6.64. The molecule has 0 amide bonds. The molecule has 0 fully saturated rings. The first-order valence-electron chi connectivity index (χ1n) is 9.29. The number of anilines is 1. The third-order valence-electron chi connectivity index (χ3n) is 5.87. The number of fused-ring (bicyclic) bond motifs is 1. The summed E-state index contributed by atoms with van der Waals surface area (Å²) in [4.78, 5) is 22.3. The average Bonchev–Trinajstić information content (AvgIpc) is 3.14. The van der Waals surface area contributed by atoms with E-state index in [2.05, 4.69) is 15.0 Å². The van der Waals surface area contributed by atoms with E-state index in [1.54, 1.807) is 56.5 Å². The molecule has 1 aliphatic heterocycles. The van der Waals surface area contributed by atoms with Gasteiger partial charge in [-0.25, -0.2) is 4.98 Å². The molecule has 1 aromatic carbocycles. The summed E-state index contributed by atoms with van der Waals surface area (Å²) in [5, 5.41) is 26.3. The van der Waals surface area contributed by atoms with Crippen LogP contribution in [0, 0.1) is 5.21 Å². The maximum absolute atomic E-state index is 12.8. The smallest absolute Gasteiger partial charge is 0.316 e. The molecule has 30 heavy (non-hydrogen) atoms. The molecule has 3 N–H and O–H groups in total. The van der Waals surface area contributed by atoms with Gasteiger partial charge in [-0.15, -0.1) is 0 Å². The number of aromatic amines is 1. The Labute approximate surface area is 171 Å². The zero-order chi connectivity index (χ0) is 21.8. The van der Waals surface area contributed by atoms with Crippen molar-refractivity contribution in [2.75, 3.05) is 5.73 Å². The third kappa shape index (κ3) is 2.77. The Morgan fingerprint density at radius 1 is 1.23 bits per heavy atom. The highest BCUT2D eigenvalue weighted by atomic mass is 16.5. The van der Waals surface area contributed by atoms with Gasteiger partial charge in [-0.1, -0.05) is 5.06 Å². The van der Waals surface area contributed by atoms with Crippen molar-refractivity contribution in [1.29, 1.82) is 0 Å². The van der Waals surface area contributed by atoms with Gasteiger partial charge < -0.3 is 15.7 Å². The minimum absolute atomic E-state index is 0.0117. The summed E-state index contributed by atoms with van der Waals surface area (Å²) in [6.07, 6.45) is 1.43. The number of benzene rings is 1. The molecule has 4 rings (SSSR count). The number of nitrogens with two attached hydrogens (primary N) is 1. The number of hydrogen-bond acceptors (Lipinski definition) is 7. The zero-order valence-corrected chi connectivity index (χ0v) is 17.0. The lowest BCUT2D eigenvalue weighted by Gasteiger charge is -2.32. The molecular weight excluding hydrogens is 390 g/mol. The van der Waals surface area contributed by atoms with Crippen molar-refractivity contribution in [2.45, 2.75) is 45.5 Å². The number of aromatic nitrogens is 4. The Morgan fingerprint density at radius 3 is 2.50 bits per heavy atom. The van der Waals surface area contributed by atoms with E-state index >= 15 is 0 Å². The van der Waals surface area contributed by atoms with Crippen molar-refractivity contribution in [3.05, 3.63) is 51.7 Å². The first-order valence-corrected chi connectivity index (χ1v) is 9.29. The molecule has 2 aromatic heterocycles. The fraction of sp³-hybridized carbons (Fsp3) is 0.368. The average molecular weight is 412 g/mol. The Morgan fingerprint density at radius 2 is 1.90 bits per heavy atom. The van der Waals surface area contributed by atoms with Crippen LogP contribution < -0.4 is 16.0 Å². The molecule has 11 heteroatoms. The molecule has 0 atom stereocenters. The van der Waals surface area contributed by atoms with E-state index < -0.39 is 16.6 Å². The van der Waals surface area contributed by atoms with Gasteiger partial charge in [0.1, 0.15) is 17.6 Å². The number of nitrogens with one attached hydrogen (secondary N) is 1. The van der Waals surface area contributed by atoms with Crippen molar-refractivity contribution in [1.82, 2.24) is 24.6 Å². The van der Waals surface area contributed by atoms with Crippen molar-refractivity contribution in [3.63, 3.8) is 0 Å². The Hall–Kier alpha value is -3.60. The largest absolute Gasteiger partial charge is 0.714 e. The molecule has 3 aromatic rings. The maximum atomic E-state index is 12.8. The number of hydrogen-bond donors (Lipinski definition) is 2. The second-order valence-corrected chi connectivity index (χ2v) is 8.17. The van der Waals surface area contributed by atoms with Crippen LogP contribution in [0.4, 0.5) is 5.95 Å². The van der Waals surface area contributed by atoms with E-state index in [-0.39, 0.29) is 24.0 Å². The second-order valence-electron chi connectivity index (χ2n) is 8.17. The highest BCUT2D eigenvalue weighted by Crippen LogP contribution is 2.37. The van der Waals surface area contributed by atoms with E-state index in [9.17, 15) is 15.2 Å². The van der Waals surface area contributed by atoms with E-state index in [1.165, 1.54) is 6.33 Å². The monoisotopic (exact) mass is 412 g/mol. The molecule has 0 spiro atoms. The van der Waals surface area contributed by atoms with Gasteiger partial charge in [0.2, 0.25) is 5.95 Å². The van der Waals surface area contributed by atoms with Gasteiger partial charge in [-0.05, 0) is 52.0 Å². The Bertz CT molecular complexity index is 1210. The van der Waals surface area contributed by atoms with Crippen LogP contribution in [0.15, 0.2) is 35.4 Å². The molecule has 1 radical (unpaired) electrons. The Balaban J connectivity index is 1.56. The number of ether oxygens (including phenoxy) is 1. The quantitative estimate of drug-likeness (QED) is 0.483. The standard InChI is InChI=1S/C19H22N7O4/c1-18(2)19(3,4)26(29)16(25(18)28)11-5-7-12(8-6-11)30-10-24-9-21-13-14(24)22-17(20)23-15(13)27/h5-9H,10H2,1-4H3,(H3,20,22,23,27). The number of nitrogen functional groups attached to an aromatic ring is 1. The zero-order valence-electron chi connectivity index (χ0n) is 17.0. The molecular formula is C19H22N7O4. The minimum atomic E-state index is -0.881. The number of H-pyrrole nitrogens is 1. The normalized spacial score (nSPS) is 17.7. The molecule has 0 saturated carbocycles. The molecule has 0 saturated heterocycles. The third-order valence-corrected chi connectivity index (χ3v) is 5.87. The molecule has 0 bridgehead atoms. The molecule has 0 aliphatic carbocycles. The predicted molar refractivity (Wildman–Crippen MR) is 108 cm³/mol. The fourth-order valence-corrected chi connectivity index (χ4v) is 3.25. The molecule has 157 valence electrons. The number of rotatable bonds is 4. The predicted octanol–water partition coefficient (Wildman–Crippen LogP) is 1.21. The van der Waals surface area contributed by atoms with Gasteiger partial charge in [0.25, 0.3) is 5.56 Å². The highest BCUT2D eigenvalue weighted by Gasteiger charge is 2.59. The lowest BCUT2D eigenvalue weighted by atomic mass is 9.84. The number of nitrogens with zero attached hydrogens (tertiary/aromatic N) is 5. The van der Waals surface area contributed by atoms with E-state index in [1.807, 2.05) is 0 Å². The van der Waals surface area contributed by atoms with Crippen LogP contribution in [0.25, 0.3) is 11.2 Å².